The van der Waals surface area contributed by atoms with Crippen molar-refractivity contribution in [1.29, 1.82) is 0 Å². The van der Waals surface area contributed by atoms with Crippen LogP contribution in [0.15, 0.2) is 0 Å². The van der Waals surface area contributed by atoms with Crippen LogP contribution in [-0.4, -0.2) is 38.1 Å². The van der Waals surface area contributed by atoms with Crippen molar-refractivity contribution in [2.24, 2.45) is 11.8 Å². The molecule has 0 heterocycles. The quantitative estimate of drug-likeness (QED) is 0.686. The van der Waals surface area contributed by atoms with Gasteiger partial charge >= 0.3 is 0 Å². The third-order valence-electron chi connectivity index (χ3n) is 4.62. The highest BCUT2D eigenvalue weighted by atomic mass is 15.1. The van der Waals surface area contributed by atoms with E-state index in [9.17, 15) is 0 Å². The summed E-state index contributed by atoms with van der Waals surface area (Å²) in [6.07, 6.45) is 11.7. The molecule has 1 N–H and O–H groups in total. The van der Waals surface area contributed by atoms with Gasteiger partial charge in [0.1, 0.15) is 0 Å². The second-order valence-electron chi connectivity index (χ2n) is 6.27. The van der Waals surface area contributed by atoms with Gasteiger partial charge in [-0.1, -0.05) is 25.7 Å². The molecule has 17 heavy (non-hydrogen) atoms. The lowest BCUT2D eigenvalue weighted by molar-refractivity contribution is 0.275. The highest BCUT2D eigenvalue weighted by Gasteiger charge is 2.17. The van der Waals surface area contributed by atoms with Gasteiger partial charge in [-0.15, -0.1) is 0 Å². The predicted molar refractivity (Wildman–Crippen MR) is 74.3 cm³/mol. The molecule has 2 nitrogen and oxygen atoms in total. The van der Waals surface area contributed by atoms with Crippen LogP contribution in [0.4, 0.5) is 0 Å². The average molecular weight is 238 g/mol. The number of hydrogen-bond donors (Lipinski definition) is 1. The molecule has 0 bridgehead atoms. The van der Waals surface area contributed by atoms with Crippen molar-refractivity contribution < 1.29 is 0 Å². The molecule has 0 atom stereocenters. The zero-order valence-corrected chi connectivity index (χ0v) is 11.6. The molecule has 2 aliphatic rings. The molecule has 0 aromatic carbocycles. The lowest BCUT2D eigenvalue weighted by Crippen LogP contribution is -2.33. The summed E-state index contributed by atoms with van der Waals surface area (Å²) in [7, 11) is 2.29. The molecule has 2 aliphatic carbocycles. The molecule has 2 rings (SSSR count). The topological polar surface area (TPSA) is 15.3 Å². The Morgan fingerprint density at radius 1 is 0.941 bits per heavy atom. The molecule has 2 fully saturated rings. The summed E-state index contributed by atoms with van der Waals surface area (Å²) in [5.74, 6) is 1.98. The van der Waals surface area contributed by atoms with Gasteiger partial charge in [-0.25, -0.2) is 0 Å². The van der Waals surface area contributed by atoms with Gasteiger partial charge in [0.2, 0.25) is 0 Å². The predicted octanol–water partition coefficient (Wildman–Crippen LogP) is 2.89. The first-order chi connectivity index (χ1) is 8.34. The van der Waals surface area contributed by atoms with Crippen LogP contribution >= 0.6 is 0 Å². The van der Waals surface area contributed by atoms with Crippen LogP contribution in [0, 0.1) is 11.8 Å². The summed E-state index contributed by atoms with van der Waals surface area (Å²) in [5.41, 5.74) is 0. The fourth-order valence-corrected chi connectivity index (χ4v) is 3.52. The third kappa shape index (κ3) is 4.97. The van der Waals surface area contributed by atoms with Gasteiger partial charge in [-0.2, -0.15) is 0 Å². The molecule has 0 amide bonds. The zero-order valence-electron chi connectivity index (χ0n) is 11.6. The third-order valence-corrected chi connectivity index (χ3v) is 4.62. The van der Waals surface area contributed by atoms with E-state index in [2.05, 4.69) is 17.3 Å². The first kappa shape index (κ1) is 13.4. The van der Waals surface area contributed by atoms with Gasteiger partial charge in [-0.05, 0) is 51.1 Å². The van der Waals surface area contributed by atoms with Crippen molar-refractivity contribution in [3.63, 3.8) is 0 Å². The summed E-state index contributed by atoms with van der Waals surface area (Å²) < 4.78 is 0. The molecular weight excluding hydrogens is 208 g/mol. The minimum atomic E-state index is 0.982. The lowest BCUT2D eigenvalue weighted by atomic mass is 10.1. The second-order valence-corrected chi connectivity index (χ2v) is 6.27. The number of rotatable bonds is 7. The average Bonchev–Trinajstić information content (AvgIpc) is 2.96. The van der Waals surface area contributed by atoms with E-state index in [-0.39, 0.29) is 0 Å². The van der Waals surface area contributed by atoms with Crippen LogP contribution in [0.1, 0.15) is 51.4 Å². The number of nitrogens with one attached hydrogen (secondary N) is 1. The van der Waals surface area contributed by atoms with E-state index in [0.717, 1.165) is 11.8 Å². The standard InChI is InChI=1S/C15H30N2/c1-17(13-15-8-4-5-9-15)11-10-16-12-14-6-2-3-7-14/h14-16H,2-13H2,1H3. The van der Waals surface area contributed by atoms with E-state index < -0.39 is 0 Å². The molecule has 2 heteroatoms. The van der Waals surface area contributed by atoms with Crippen LogP contribution in [0.5, 0.6) is 0 Å². The Morgan fingerprint density at radius 3 is 2.18 bits per heavy atom. The van der Waals surface area contributed by atoms with Crippen molar-refractivity contribution in [2.75, 3.05) is 33.2 Å². The minimum absolute atomic E-state index is 0.982. The number of hydrogen-bond acceptors (Lipinski definition) is 2. The summed E-state index contributed by atoms with van der Waals surface area (Å²) in [5, 5.41) is 3.64. The summed E-state index contributed by atoms with van der Waals surface area (Å²) >= 11 is 0. The Kier molecular flexibility index (Phi) is 5.79. The van der Waals surface area contributed by atoms with E-state index in [1.807, 2.05) is 0 Å². The van der Waals surface area contributed by atoms with Gasteiger partial charge in [0.05, 0.1) is 0 Å². The fraction of sp³-hybridized carbons (Fsp3) is 1.00. The Hall–Kier alpha value is -0.0800. The van der Waals surface area contributed by atoms with Gasteiger partial charge < -0.3 is 10.2 Å². The van der Waals surface area contributed by atoms with Gasteiger partial charge in [0.15, 0.2) is 0 Å². The normalized spacial score (nSPS) is 22.9. The molecule has 0 aromatic heterocycles. The first-order valence-corrected chi connectivity index (χ1v) is 7.74. The van der Waals surface area contributed by atoms with E-state index in [1.54, 1.807) is 0 Å². The van der Waals surface area contributed by atoms with Gasteiger partial charge in [-0.3, -0.25) is 0 Å². The van der Waals surface area contributed by atoms with Crippen molar-refractivity contribution in [2.45, 2.75) is 51.4 Å². The second kappa shape index (κ2) is 7.38. The number of nitrogens with zero attached hydrogens (tertiary/aromatic N) is 1. The van der Waals surface area contributed by atoms with Gasteiger partial charge in [0.25, 0.3) is 0 Å². The van der Waals surface area contributed by atoms with Crippen LogP contribution in [0.25, 0.3) is 0 Å². The maximum absolute atomic E-state index is 3.64. The summed E-state index contributed by atoms with van der Waals surface area (Å²) in [6.45, 7) is 4.99. The van der Waals surface area contributed by atoms with Gasteiger partial charge in [0, 0.05) is 19.6 Å². The fourth-order valence-electron chi connectivity index (χ4n) is 3.52. The Labute approximate surface area is 107 Å². The van der Waals surface area contributed by atoms with Crippen molar-refractivity contribution in [3.05, 3.63) is 0 Å². The van der Waals surface area contributed by atoms with Crippen LogP contribution < -0.4 is 5.32 Å². The number of likely N-dealkylation sites (N-methyl/N-ethyl adjacent to an activating group) is 1. The van der Waals surface area contributed by atoms with E-state index >= 15 is 0 Å². The Balaban J connectivity index is 1.46. The molecule has 0 spiro atoms. The van der Waals surface area contributed by atoms with E-state index in [1.165, 1.54) is 77.5 Å². The molecule has 0 saturated heterocycles. The van der Waals surface area contributed by atoms with Crippen molar-refractivity contribution in [1.82, 2.24) is 10.2 Å². The van der Waals surface area contributed by atoms with Crippen LogP contribution in [0.2, 0.25) is 0 Å². The molecule has 0 aromatic rings. The SMILES string of the molecule is CN(CCNCC1CCCC1)CC1CCCC1. The molecular formula is C15H30N2. The first-order valence-electron chi connectivity index (χ1n) is 7.74. The van der Waals surface area contributed by atoms with Crippen molar-refractivity contribution in [3.8, 4) is 0 Å². The molecule has 0 unspecified atom stereocenters. The van der Waals surface area contributed by atoms with E-state index in [4.69, 9.17) is 0 Å². The molecule has 100 valence electrons. The highest BCUT2D eigenvalue weighted by molar-refractivity contribution is 4.72. The Bertz CT molecular complexity index is 193. The van der Waals surface area contributed by atoms with Crippen LogP contribution in [-0.2, 0) is 0 Å². The largest absolute Gasteiger partial charge is 0.315 e. The highest BCUT2D eigenvalue weighted by Crippen LogP contribution is 2.25. The summed E-state index contributed by atoms with van der Waals surface area (Å²) in [4.78, 5) is 2.53. The molecule has 0 radical (unpaired) electrons. The molecule has 2 saturated carbocycles. The molecule has 0 aliphatic heterocycles. The van der Waals surface area contributed by atoms with Crippen LogP contribution in [0.3, 0.4) is 0 Å². The summed E-state index contributed by atoms with van der Waals surface area (Å²) in [6, 6.07) is 0. The van der Waals surface area contributed by atoms with Crippen molar-refractivity contribution >= 4 is 0 Å². The minimum Gasteiger partial charge on any atom is -0.315 e. The Morgan fingerprint density at radius 2 is 1.53 bits per heavy atom. The zero-order chi connectivity index (χ0) is 11.9. The lowest BCUT2D eigenvalue weighted by Gasteiger charge is -2.21. The van der Waals surface area contributed by atoms with E-state index in [0.29, 0.717) is 0 Å². The maximum atomic E-state index is 3.64. The monoisotopic (exact) mass is 238 g/mol. The smallest absolute Gasteiger partial charge is 0.0104 e. The maximum Gasteiger partial charge on any atom is 0.0104 e.